The average Bonchev–Trinajstić information content (AvgIpc) is 1.67. The Morgan fingerprint density at radius 1 is 1.50 bits per heavy atom. The largest absolute Gasteiger partial charge is 0.399 e. The minimum atomic E-state index is -0.0631. The Labute approximate surface area is 48.3 Å². The molecule has 0 aliphatic rings. The first kappa shape index (κ1) is 7.14. The fraction of sp³-hybridized carbons (Fsp3) is 0.600. The lowest BCUT2D eigenvalue weighted by atomic mass is 10.3. The first-order valence-corrected chi connectivity index (χ1v) is 2.27. The molecule has 8 heavy (non-hydrogen) atoms. The highest BCUT2D eigenvalue weighted by molar-refractivity contribution is 6.37. The minimum absolute atomic E-state index is 0.0631. The molecule has 0 radical (unpaired) electrons. The molecule has 0 saturated heterocycles. The Morgan fingerprint density at radius 3 is 2.12 bits per heavy atom. The van der Waals surface area contributed by atoms with Crippen LogP contribution in [0.3, 0.4) is 0 Å². The van der Waals surface area contributed by atoms with E-state index in [2.05, 4.69) is 9.99 Å². The molecule has 0 aromatic heterocycles. The van der Waals surface area contributed by atoms with Crippen molar-refractivity contribution in [2.45, 2.75) is 13.8 Å². The lowest BCUT2D eigenvalue weighted by Gasteiger charge is -1.88. The van der Waals surface area contributed by atoms with Crippen LogP contribution in [-0.2, 0) is 9.63 Å². The topological polar surface area (TPSA) is 38.7 Å². The fourth-order valence-electron chi connectivity index (χ4n) is 0.201. The lowest BCUT2D eigenvalue weighted by Crippen LogP contribution is -2.03. The van der Waals surface area contributed by atoms with Gasteiger partial charge < -0.3 is 4.84 Å². The molecule has 0 aliphatic heterocycles. The van der Waals surface area contributed by atoms with Crippen molar-refractivity contribution in [3.8, 4) is 0 Å². The van der Waals surface area contributed by atoms with E-state index in [1.54, 1.807) is 6.92 Å². The van der Waals surface area contributed by atoms with E-state index in [4.69, 9.17) is 0 Å². The van der Waals surface area contributed by atoms with Crippen molar-refractivity contribution in [1.82, 2.24) is 0 Å². The Morgan fingerprint density at radius 2 is 2.00 bits per heavy atom. The van der Waals surface area contributed by atoms with Crippen LogP contribution < -0.4 is 0 Å². The highest BCUT2D eigenvalue weighted by atomic mass is 16.6. The quantitative estimate of drug-likeness (QED) is 0.390. The first-order valence-electron chi connectivity index (χ1n) is 2.27. The molecule has 0 bridgehead atoms. The van der Waals surface area contributed by atoms with Crippen LogP contribution >= 0.6 is 0 Å². The number of nitrogens with zero attached hydrogens (tertiary/aromatic N) is 1. The van der Waals surface area contributed by atoms with Gasteiger partial charge in [0.1, 0.15) is 12.8 Å². The van der Waals surface area contributed by atoms with Crippen molar-refractivity contribution in [3.63, 3.8) is 0 Å². The minimum Gasteiger partial charge on any atom is -0.399 e. The molecule has 0 amide bonds. The number of carbonyl (C=O) groups is 1. The number of hydrogen-bond acceptors (Lipinski definition) is 3. The van der Waals surface area contributed by atoms with Crippen LogP contribution in [-0.4, -0.2) is 18.6 Å². The van der Waals surface area contributed by atoms with Crippen LogP contribution in [0.4, 0.5) is 0 Å². The van der Waals surface area contributed by atoms with Gasteiger partial charge in [0.2, 0.25) is 0 Å². The van der Waals surface area contributed by atoms with Crippen molar-refractivity contribution in [1.29, 1.82) is 0 Å². The number of Topliss-reactive ketones (excluding diaryl/α,β-unsaturated/α-hetero) is 1. The Bertz CT molecular complexity index is 118. The Hall–Kier alpha value is -0.860. The molecule has 0 aromatic carbocycles. The molecular weight excluding hydrogens is 106 g/mol. The third-order valence-electron chi connectivity index (χ3n) is 0.738. The van der Waals surface area contributed by atoms with Gasteiger partial charge in [-0.2, -0.15) is 0 Å². The second-order valence-electron chi connectivity index (χ2n) is 1.42. The van der Waals surface area contributed by atoms with Gasteiger partial charge in [0.25, 0.3) is 0 Å². The molecule has 0 atom stereocenters. The highest BCUT2D eigenvalue weighted by Gasteiger charge is 1.95. The summed E-state index contributed by atoms with van der Waals surface area (Å²) in [6.45, 7) is 3.05. The van der Waals surface area contributed by atoms with Crippen molar-refractivity contribution < 1.29 is 9.63 Å². The summed E-state index contributed by atoms with van der Waals surface area (Å²) in [5.41, 5.74) is 0.396. The second-order valence-corrected chi connectivity index (χ2v) is 1.42. The van der Waals surface area contributed by atoms with Crippen molar-refractivity contribution >= 4 is 11.5 Å². The molecule has 0 saturated carbocycles. The van der Waals surface area contributed by atoms with Gasteiger partial charge in [-0.25, -0.2) is 0 Å². The summed E-state index contributed by atoms with van der Waals surface area (Å²) in [5, 5.41) is 3.39. The predicted octanol–water partition coefficient (Wildman–Crippen LogP) is 0.598. The molecule has 0 fully saturated rings. The van der Waals surface area contributed by atoms with E-state index in [9.17, 15) is 4.79 Å². The van der Waals surface area contributed by atoms with Gasteiger partial charge in [0.05, 0.1) is 0 Å². The van der Waals surface area contributed by atoms with E-state index in [1.807, 2.05) is 0 Å². The van der Waals surface area contributed by atoms with Crippen LogP contribution in [0.15, 0.2) is 5.16 Å². The predicted molar refractivity (Wildman–Crippen MR) is 30.8 cm³/mol. The normalized spacial score (nSPS) is 11.1. The van der Waals surface area contributed by atoms with Gasteiger partial charge >= 0.3 is 0 Å². The standard InChI is InChI=1S/C5H9NO2/c1-4(5(2)7)6-8-3/h1-3H3/b6-4-. The van der Waals surface area contributed by atoms with Crippen molar-refractivity contribution in [2.75, 3.05) is 7.11 Å². The summed E-state index contributed by atoms with van der Waals surface area (Å²) in [6, 6.07) is 0. The number of hydrogen-bond donors (Lipinski definition) is 0. The van der Waals surface area contributed by atoms with E-state index >= 15 is 0 Å². The molecule has 3 heteroatoms. The zero-order valence-electron chi connectivity index (χ0n) is 5.26. The monoisotopic (exact) mass is 115 g/mol. The smallest absolute Gasteiger partial charge is 0.177 e. The average molecular weight is 115 g/mol. The van der Waals surface area contributed by atoms with E-state index in [-0.39, 0.29) is 5.78 Å². The summed E-state index contributed by atoms with van der Waals surface area (Å²) in [4.78, 5) is 14.7. The molecule has 0 heterocycles. The number of rotatable bonds is 2. The van der Waals surface area contributed by atoms with Gasteiger partial charge in [-0.3, -0.25) is 4.79 Å². The molecule has 0 aromatic rings. The molecular formula is C5H9NO2. The zero-order valence-corrected chi connectivity index (χ0v) is 5.26. The summed E-state index contributed by atoms with van der Waals surface area (Å²) in [6.07, 6.45) is 0. The van der Waals surface area contributed by atoms with Crippen LogP contribution in [0.25, 0.3) is 0 Å². The third-order valence-corrected chi connectivity index (χ3v) is 0.738. The van der Waals surface area contributed by atoms with Crippen LogP contribution in [0.5, 0.6) is 0 Å². The van der Waals surface area contributed by atoms with Crippen molar-refractivity contribution in [3.05, 3.63) is 0 Å². The van der Waals surface area contributed by atoms with E-state index < -0.39 is 0 Å². The van der Waals surface area contributed by atoms with E-state index in [0.29, 0.717) is 5.71 Å². The number of ketones is 1. The zero-order chi connectivity index (χ0) is 6.57. The number of oxime groups is 1. The summed E-state index contributed by atoms with van der Waals surface area (Å²) < 4.78 is 0. The maximum absolute atomic E-state index is 10.3. The van der Waals surface area contributed by atoms with Crippen LogP contribution in [0.2, 0.25) is 0 Å². The molecule has 0 aliphatic carbocycles. The lowest BCUT2D eigenvalue weighted by molar-refractivity contribution is -0.111. The van der Waals surface area contributed by atoms with Gasteiger partial charge in [-0.15, -0.1) is 0 Å². The van der Waals surface area contributed by atoms with Gasteiger partial charge in [-0.05, 0) is 6.92 Å². The second kappa shape index (κ2) is 3.18. The SMILES string of the molecule is CO/N=C(/C)C(C)=O. The van der Waals surface area contributed by atoms with E-state index in [0.717, 1.165) is 0 Å². The molecule has 0 N–H and O–H groups in total. The number of carbonyl (C=O) groups excluding carboxylic acids is 1. The Balaban J connectivity index is 3.80. The molecule has 3 nitrogen and oxygen atoms in total. The molecule has 0 spiro atoms. The summed E-state index contributed by atoms with van der Waals surface area (Å²) in [5.74, 6) is -0.0631. The van der Waals surface area contributed by atoms with E-state index in [1.165, 1.54) is 14.0 Å². The molecule has 46 valence electrons. The summed E-state index contributed by atoms with van der Waals surface area (Å²) >= 11 is 0. The van der Waals surface area contributed by atoms with Gasteiger partial charge in [0, 0.05) is 6.92 Å². The van der Waals surface area contributed by atoms with Gasteiger partial charge in [0.15, 0.2) is 5.78 Å². The third kappa shape index (κ3) is 2.34. The van der Waals surface area contributed by atoms with Crippen LogP contribution in [0, 0.1) is 0 Å². The van der Waals surface area contributed by atoms with Crippen LogP contribution in [0.1, 0.15) is 13.8 Å². The molecule has 0 rings (SSSR count). The fourth-order valence-corrected chi connectivity index (χ4v) is 0.201. The first-order chi connectivity index (χ1) is 3.68. The van der Waals surface area contributed by atoms with Gasteiger partial charge in [-0.1, -0.05) is 5.16 Å². The summed E-state index contributed by atoms with van der Waals surface area (Å²) in [7, 11) is 1.41. The van der Waals surface area contributed by atoms with Crippen molar-refractivity contribution in [2.24, 2.45) is 5.16 Å². The Kier molecular flexibility index (Phi) is 2.84. The highest BCUT2D eigenvalue weighted by Crippen LogP contribution is 1.78. The maximum Gasteiger partial charge on any atom is 0.177 e. The maximum atomic E-state index is 10.3. The molecule has 0 unspecified atom stereocenters.